The standard InChI is InChI=1S/C31H36N4O6S/c1-2-29(31(37)32-25-14-9-10-15-25)33(21-20-24-12-5-3-6-13-24)30(36)23-34(26-16-11-17-27(22-26)35(38)39)42(40,41)28-18-7-4-8-19-28/h3-8,11-13,16-19,22,25,29H,2,9-10,14-15,20-21,23H2,1H3,(H,32,37). The Morgan fingerprint density at radius 3 is 2.24 bits per heavy atom. The van der Waals surface area contributed by atoms with E-state index in [-0.39, 0.29) is 34.8 Å². The van der Waals surface area contributed by atoms with Crippen molar-refractivity contribution < 1.29 is 22.9 Å². The van der Waals surface area contributed by atoms with E-state index in [1.807, 2.05) is 37.3 Å². The number of hydrogen-bond acceptors (Lipinski definition) is 6. The fourth-order valence-corrected chi connectivity index (χ4v) is 6.70. The van der Waals surface area contributed by atoms with Crippen LogP contribution in [0.15, 0.2) is 89.8 Å². The number of nitro benzene ring substituents is 1. The number of nitro groups is 1. The minimum atomic E-state index is -4.30. The van der Waals surface area contributed by atoms with Crippen molar-refractivity contribution in [1.29, 1.82) is 0 Å². The second-order valence-electron chi connectivity index (χ2n) is 10.3. The van der Waals surface area contributed by atoms with Crippen LogP contribution in [0.3, 0.4) is 0 Å². The molecule has 2 amide bonds. The van der Waals surface area contributed by atoms with E-state index >= 15 is 0 Å². The topological polar surface area (TPSA) is 130 Å². The molecule has 11 heteroatoms. The van der Waals surface area contributed by atoms with Gasteiger partial charge < -0.3 is 10.2 Å². The van der Waals surface area contributed by atoms with Gasteiger partial charge in [0.05, 0.1) is 15.5 Å². The van der Waals surface area contributed by atoms with Gasteiger partial charge in [0, 0.05) is 24.7 Å². The number of carbonyl (C=O) groups excluding carboxylic acids is 2. The Labute approximate surface area is 246 Å². The molecule has 1 unspecified atom stereocenters. The van der Waals surface area contributed by atoms with Crippen LogP contribution in [0.5, 0.6) is 0 Å². The van der Waals surface area contributed by atoms with E-state index in [2.05, 4.69) is 5.32 Å². The monoisotopic (exact) mass is 592 g/mol. The van der Waals surface area contributed by atoms with Gasteiger partial charge in [-0.2, -0.15) is 0 Å². The first-order valence-electron chi connectivity index (χ1n) is 14.2. The zero-order valence-corrected chi connectivity index (χ0v) is 24.4. The molecule has 1 saturated carbocycles. The van der Waals surface area contributed by atoms with Crippen molar-refractivity contribution in [1.82, 2.24) is 10.2 Å². The number of nitrogens with one attached hydrogen (secondary N) is 1. The molecule has 1 N–H and O–H groups in total. The second-order valence-corrected chi connectivity index (χ2v) is 12.2. The van der Waals surface area contributed by atoms with Crippen molar-refractivity contribution >= 4 is 33.2 Å². The summed E-state index contributed by atoms with van der Waals surface area (Å²) in [6.07, 6.45) is 4.64. The van der Waals surface area contributed by atoms with Crippen molar-refractivity contribution in [3.63, 3.8) is 0 Å². The van der Waals surface area contributed by atoms with Crippen molar-refractivity contribution in [2.75, 3.05) is 17.4 Å². The largest absolute Gasteiger partial charge is 0.352 e. The summed E-state index contributed by atoms with van der Waals surface area (Å²) in [7, 11) is -4.30. The molecule has 0 aromatic heterocycles. The average molecular weight is 593 g/mol. The van der Waals surface area contributed by atoms with Crippen LogP contribution in [0.1, 0.15) is 44.6 Å². The lowest BCUT2D eigenvalue weighted by Crippen LogP contribution is -2.54. The van der Waals surface area contributed by atoms with Crippen LogP contribution in [-0.4, -0.2) is 55.2 Å². The zero-order chi connectivity index (χ0) is 30.1. The summed E-state index contributed by atoms with van der Waals surface area (Å²) < 4.78 is 28.6. The molecule has 222 valence electrons. The molecule has 1 aliphatic carbocycles. The summed E-state index contributed by atoms with van der Waals surface area (Å²) in [5.41, 5.74) is 0.637. The first-order chi connectivity index (χ1) is 20.2. The van der Waals surface area contributed by atoms with Crippen LogP contribution < -0.4 is 9.62 Å². The fraction of sp³-hybridized carbons (Fsp3) is 0.355. The van der Waals surface area contributed by atoms with E-state index in [0.717, 1.165) is 41.6 Å². The summed E-state index contributed by atoms with van der Waals surface area (Å²) >= 11 is 0. The Bertz CT molecular complexity index is 1480. The third-order valence-corrected chi connectivity index (χ3v) is 9.30. The Balaban J connectivity index is 1.69. The molecule has 3 aromatic rings. The number of sulfonamides is 1. The zero-order valence-electron chi connectivity index (χ0n) is 23.6. The van der Waals surface area contributed by atoms with Crippen LogP contribution in [-0.2, 0) is 26.0 Å². The molecule has 3 aromatic carbocycles. The van der Waals surface area contributed by atoms with Crippen molar-refractivity contribution in [3.05, 3.63) is 101 Å². The lowest BCUT2D eigenvalue weighted by Gasteiger charge is -2.33. The fourth-order valence-electron chi connectivity index (χ4n) is 5.27. The van der Waals surface area contributed by atoms with Gasteiger partial charge in [0.25, 0.3) is 15.7 Å². The number of carbonyl (C=O) groups is 2. The molecule has 10 nitrogen and oxygen atoms in total. The lowest BCUT2D eigenvalue weighted by molar-refractivity contribution is -0.384. The first-order valence-corrected chi connectivity index (χ1v) is 15.6. The molecule has 1 aliphatic rings. The van der Waals surface area contributed by atoms with Gasteiger partial charge in [0.1, 0.15) is 12.6 Å². The Morgan fingerprint density at radius 1 is 0.976 bits per heavy atom. The van der Waals surface area contributed by atoms with Crippen molar-refractivity contribution in [2.24, 2.45) is 0 Å². The van der Waals surface area contributed by atoms with Gasteiger partial charge in [-0.05, 0) is 49.4 Å². The Morgan fingerprint density at radius 2 is 1.62 bits per heavy atom. The third kappa shape index (κ3) is 7.52. The smallest absolute Gasteiger partial charge is 0.271 e. The van der Waals surface area contributed by atoms with Gasteiger partial charge in [0.15, 0.2) is 0 Å². The highest BCUT2D eigenvalue weighted by Crippen LogP contribution is 2.27. The predicted octanol–water partition coefficient (Wildman–Crippen LogP) is 4.70. The Kier molecular flexibility index (Phi) is 10.3. The number of hydrogen-bond donors (Lipinski definition) is 1. The minimum Gasteiger partial charge on any atom is -0.352 e. The molecular formula is C31H36N4O6S. The normalized spacial score (nSPS) is 14.2. The van der Waals surface area contributed by atoms with E-state index in [1.54, 1.807) is 18.2 Å². The van der Waals surface area contributed by atoms with E-state index in [4.69, 9.17) is 0 Å². The summed E-state index contributed by atoms with van der Waals surface area (Å²) in [5, 5.41) is 14.6. The summed E-state index contributed by atoms with van der Waals surface area (Å²) in [5.74, 6) is -0.844. The lowest BCUT2D eigenvalue weighted by atomic mass is 10.1. The Hall–Kier alpha value is -4.25. The number of benzene rings is 3. The summed E-state index contributed by atoms with van der Waals surface area (Å²) in [4.78, 5) is 39.8. The SMILES string of the molecule is CCC(C(=O)NC1CCCC1)N(CCc1ccccc1)C(=O)CN(c1cccc([N+](=O)[O-])c1)S(=O)(=O)c1ccccc1. The highest BCUT2D eigenvalue weighted by molar-refractivity contribution is 7.92. The second kappa shape index (κ2) is 14.1. The highest BCUT2D eigenvalue weighted by atomic mass is 32.2. The maximum Gasteiger partial charge on any atom is 0.271 e. The molecule has 0 radical (unpaired) electrons. The average Bonchev–Trinajstić information content (AvgIpc) is 3.51. The maximum absolute atomic E-state index is 14.1. The van der Waals surface area contributed by atoms with E-state index in [0.29, 0.717) is 12.8 Å². The van der Waals surface area contributed by atoms with E-state index < -0.39 is 33.4 Å². The number of rotatable bonds is 13. The molecule has 1 atom stereocenters. The summed E-state index contributed by atoms with van der Waals surface area (Å²) in [6, 6.07) is 21.6. The maximum atomic E-state index is 14.1. The highest BCUT2D eigenvalue weighted by Gasteiger charge is 2.34. The third-order valence-electron chi connectivity index (χ3n) is 7.51. The van der Waals surface area contributed by atoms with Crippen LogP contribution >= 0.6 is 0 Å². The van der Waals surface area contributed by atoms with Crippen LogP contribution in [0.2, 0.25) is 0 Å². The van der Waals surface area contributed by atoms with Crippen molar-refractivity contribution in [3.8, 4) is 0 Å². The van der Waals surface area contributed by atoms with Crippen LogP contribution in [0, 0.1) is 10.1 Å². The van der Waals surface area contributed by atoms with Gasteiger partial charge in [-0.25, -0.2) is 8.42 Å². The van der Waals surface area contributed by atoms with E-state index in [9.17, 15) is 28.1 Å². The number of non-ortho nitro benzene ring substituents is 1. The molecular weight excluding hydrogens is 556 g/mol. The minimum absolute atomic E-state index is 0.0205. The van der Waals surface area contributed by atoms with Gasteiger partial charge in [-0.3, -0.25) is 24.0 Å². The quantitative estimate of drug-likeness (QED) is 0.226. The van der Waals surface area contributed by atoms with Gasteiger partial charge >= 0.3 is 0 Å². The van der Waals surface area contributed by atoms with Gasteiger partial charge in [0.2, 0.25) is 11.8 Å². The number of amides is 2. The molecule has 0 heterocycles. The molecule has 0 aliphatic heterocycles. The van der Waals surface area contributed by atoms with Gasteiger partial charge in [-0.1, -0.05) is 74.4 Å². The number of nitrogens with zero attached hydrogens (tertiary/aromatic N) is 3. The first kappa shape index (κ1) is 30.7. The number of anilines is 1. The molecule has 1 fully saturated rings. The summed E-state index contributed by atoms with van der Waals surface area (Å²) in [6.45, 7) is 1.37. The predicted molar refractivity (Wildman–Crippen MR) is 160 cm³/mol. The van der Waals surface area contributed by atoms with Crippen LogP contribution in [0.4, 0.5) is 11.4 Å². The molecule has 42 heavy (non-hydrogen) atoms. The molecule has 4 rings (SSSR count). The molecule has 0 bridgehead atoms. The van der Waals surface area contributed by atoms with E-state index in [1.165, 1.54) is 35.2 Å². The van der Waals surface area contributed by atoms with Gasteiger partial charge in [-0.15, -0.1) is 0 Å². The molecule has 0 saturated heterocycles. The van der Waals surface area contributed by atoms with Crippen LogP contribution in [0.25, 0.3) is 0 Å². The molecule has 0 spiro atoms. The van der Waals surface area contributed by atoms with Crippen molar-refractivity contribution in [2.45, 2.75) is 62.4 Å².